The van der Waals surface area contributed by atoms with Crippen LogP contribution in [0.25, 0.3) is 6.08 Å². The lowest BCUT2D eigenvalue weighted by Crippen LogP contribution is -2.07. The Kier molecular flexibility index (Phi) is 11.0. The number of benzene rings is 1. The zero-order valence-corrected chi connectivity index (χ0v) is 14.2. The van der Waals surface area contributed by atoms with Crippen molar-refractivity contribution in [1.29, 1.82) is 0 Å². The van der Waals surface area contributed by atoms with E-state index in [1.165, 1.54) is 0 Å². The summed E-state index contributed by atoms with van der Waals surface area (Å²) < 4.78 is 15.9. The summed E-state index contributed by atoms with van der Waals surface area (Å²) in [7, 11) is 0. The maximum Gasteiger partial charge on any atom is 0.150 e. The summed E-state index contributed by atoms with van der Waals surface area (Å²) in [5, 5.41) is 0. The molecule has 0 aliphatic carbocycles. The Hall–Kier alpha value is -0.330. The van der Waals surface area contributed by atoms with Gasteiger partial charge < -0.3 is 14.0 Å². The van der Waals surface area contributed by atoms with Crippen LogP contribution in [0.4, 0.5) is 0 Å². The first-order chi connectivity index (χ1) is 9.88. The van der Waals surface area contributed by atoms with Gasteiger partial charge in [0.15, 0.2) is 6.29 Å². The fourth-order valence-electron chi connectivity index (χ4n) is 1.46. The van der Waals surface area contributed by atoms with Crippen LogP contribution < -0.4 is 0 Å². The van der Waals surface area contributed by atoms with Crippen LogP contribution >= 0.6 is 28.5 Å². The molecule has 0 saturated carbocycles. The quantitative estimate of drug-likeness (QED) is 0.243. The van der Waals surface area contributed by atoms with Crippen LogP contribution in [0.5, 0.6) is 0 Å². The molecule has 1 unspecified atom stereocenters. The lowest BCUT2D eigenvalue weighted by Gasteiger charge is -2.04. The molecule has 0 fully saturated rings. The maximum absolute atomic E-state index is 10.8. The minimum atomic E-state index is 0.480. The molecule has 0 N–H and O–H groups in total. The molecule has 1 rings (SSSR count). The molecular weight excluding hydrogens is 390 g/mol. The fraction of sp³-hybridized carbons (Fsp3) is 0.357. The third-order valence-electron chi connectivity index (χ3n) is 2.39. The molecule has 1 aromatic carbocycles. The van der Waals surface area contributed by atoms with Crippen molar-refractivity contribution >= 4 is 40.9 Å². The summed E-state index contributed by atoms with van der Waals surface area (Å²) in [6, 6.07) is 7.44. The van der Waals surface area contributed by atoms with Crippen LogP contribution in [0.2, 0.25) is 0 Å². The molecule has 0 spiro atoms. The monoisotopic (exact) mass is 408 g/mol. The lowest BCUT2D eigenvalue weighted by molar-refractivity contribution is 0.0474. The zero-order valence-electron chi connectivity index (χ0n) is 11.1. The van der Waals surface area contributed by atoms with E-state index in [-0.39, 0.29) is 0 Å². The first kappa shape index (κ1) is 17.7. The van der Waals surface area contributed by atoms with Crippen molar-refractivity contribution in [1.82, 2.24) is 0 Å². The molecule has 4 nitrogen and oxygen atoms in total. The van der Waals surface area contributed by atoms with Crippen LogP contribution in [0, 0.1) is 0 Å². The predicted octanol–water partition coefficient (Wildman–Crippen LogP) is 3.51. The number of aldehydes is 1. The van der Waals surface area contributed by atoms with Gasteiger partial charge in [0.05, 0.1) is 39.5 Å². The SMILES string of the molecule is O=Cc1ccccc1/C=C/COCCOCCOPI. The Balaban J connectivity index is 2.09. The molecule has 0 bridgehead atoms. The molecule has 20 heavy (non-hydrogen) atoms. The van der Waals surface area contributed by atoms with Crippen LogP contribution in [-0.2, 0) is 14.0 Å². The fourth-order valence-corrected chi connectivity index (χ4v) is 2.28. The third kappa shape index (κ3) is 8.07. The number of rotatable bonds is 11. The molecule has 0 aliphatic rings. The highest BCUT2D eigenvalue weighted by molar-refractivity contribution is 14.2. The summed E-state index contributed by atoms with van der Waals surface area (Å²) in [6.45, 7) is 3.32. The second-order valence-corrected chi connectivity index (χ2v) is 5.53. The van der Waals surface area contributed by atoms with Gasteiger partial charge in [0.25, 0.3) is 0 Å². The maximum atomic E-state index is 10.8. The molecule has 1 atom stereocenters. The standard InChI is InChI=1S/C14H18IO4P/c15-20-19-11-10-18-9-8-17-7-3-6-13-4-1-2-5-14(13)12-16/h1-6,12,20H,7-11H2/b6-3+. The van der Waals surface area contributed by atoms with Crippen molar-refractivity contribution < 1.29 is 18.8 Å². The van der Waals surface area contributed by atoms with E-state index >= 15 is 0 Å². The number of carbonyl (C=O) groups is 1. The van der Waals surface area contributed by atoms with Crippen LogP contribution in [0.15, 0.2) is 30.3 Å². The summed E-state index contributed by atoms with van der Waals surface area (Å²) in [6.07, 6.45) is 4.63. The topological polar surface area (TPSA) is 44.8 Å². The summed E-state index contributed by atoms with van der Waals surface area (Å²) in [5.41, 5.74) is 1.59. The molecule has 110 valence electrons. The van der Waals surface area contributed by atoms with Crippen molar-refractivity contribution in [2.24, 2.45) is 0 Å². The first-order valence-electron chi connectivity index (χ1n) is 6.22. The highest BCUT2D eigenvalue weighted by atomic mass is 127. The van der Waals surface area contributed by atoms with Gasteiger partial charge in [0.2, 0.25) is 0 Å². The Labute approximate surface area is 134 Å². The number of hydrogen-bond donors (Lipinski definition) is 0. The Morgan fingerprint density at radius 2 is 1.75 bits per heavy atom. The second kappa shape index (κ2) is 12.4. The molecular formula is C14H18IO4P. The molecule has 0 amide bonds. The highest BCUT2D eigenvalue weighted by Crippen LogP contribution is 2.20. The lowest BCUT2D eigenvalue weighted by atomic mass is 10.1. The third-order valence-corrected chi connectivity index (χ3v) is 3.64. The minimum Gasteiger partial charge on any atom is -0.377 e. The molecule has 0 saturated heterocycles. The Morgan fingerprint density at radius 3 is 2.50 bits per heavy atom. The van der Waals surface area contributed by atoms with Gasteiger partial charge in [-0.3, -0.25) is 4.79 Å². The summed E-state index contributed by atoms with van der Waals surface area (Å²) in [4.78, 5) is 10.8. The van der Waals surface area contributed by atoms with Crippen molar-refractivity contribution in [2.75, 3.05) is 33.0 Å². The van der Waals surface area contributed by atoms with Gasteiger partial charge >= 0.3 is 0 Å². The number of ether oxygens (including phenoxy) is 2. The molecule has 0 radical (unpaired) electrons. The largest absolute Gasteiger partial charge is 0.377 e. The Morgan fingerprint density at radius 1 is 1.05 bits per heavy atom. The zero-order chi connectivity index (χ0) is 14.5. The smallest absolute Gasteiger partial charge is 0.150 e. The van der Waals surface area contributed by atoms with E-state index in [0.717, 1.165) is 11.8 Å². The van der Waals surface area contributed by atoms with Crippen molar-refractivity contribution in [2.45, 2.75) is 0 Å². The average molecular weight is 408 g/mol. The van der Waals surface area contributed by atoms with Gasteiger partial charge in [-0.15, -0.1) is 0 Å². The predicted molar refractivity (Wildman–Crippen MR) is 90.8 cm³/mol. The summed E-state index contributed by atoms with van der Waals surface area (Å²) in [5.74, 6) is 0. The van der Waals surface area contributed by atoms with Gasteiger partial charge in [-0.05, 0) is 27.6 Å². The van der Waals surface area contributed by atoms with Crippen LogP contribution in [-0.4, -0.2) is 39.3 Å². The molecule has 0 heterocycles. The highest BCUT2D eigenvalue weighted by Gasteiger charge is 1.95. The van der Waals surface area contributed by atoms with E-state index in [4.69, 9.17) is 14.0 Å². The van der Waals surface area contributed by atoms with Crippen molar-refractivity contribution in [3.05, 3.63) is 41.5 Å². The molecule has 1 aromatic rings. The normalized spacial score (nSPS) is 11.7. The summed E-state index contributed by atoms with van der Waals surface area (Å²) >= 11 is 2.18. The van der Waals surface area contributed by atoms with Crippen LogP contribution in [0.1, 0.15) is 15.9 Å². The van der Waals surface area contributed by atoms with Gasteiger partial charge in [-0.1, -0.05) is 36.4 Å². The van der Waals surface area contributed by atoms with E-state index in [9.17, 15) is 4.79 Å². The van der Waals surface area contributed by atoms with Gasteiger partial charge in [0.1, 0.15) is 0 Å². The van der Waals surface area contributed by atoms with E-state index in [0.29, 0.717) is 45.0 Å². The minimum absolute atomic E-state index is 0.480. The van der Waals surface area contributed by atoms with Gasteiger partial charge in [-0.2, -0.15) is 0 Å². The number of carbonyl (C=O) groups excluding carboxylic acids is 1. The van der Waals surface area contributed by atoms with E-state index in [2.05, 4.69) is 22.0 Å². The van der Waals surface area contributed by atoms with Crippen molar-refractivity contribution in [3.8, 4) is 0 Å². The second-order valence-electron chi connectivity index (χ2n) is 3.76. The van der Waals surface area contributed by atoms with Gasteiger partial charge in [0, 0.05) is 5.56 Å². The molecule has 0 aromatic heterocycles. The van der Waals surface area contributed by atoms with Crippen LogP contribution in [0.3, 0.4) is 0 Å². The Bertz CT molecular complexity index is 412. The average Bonchev–Trinajstić information content (AvgIpc) is 2.49. The number of hydrogen-bond acceptors (Lipinski definition) is 4. The number of halogens is 1. The molecule has 6 heteroatoms. The molecule has 0 aliphatic heterocycles. The van der Waals surface area contributed by atoms with E-state index in [1.54, 1.807) is 6.07 Å². The first-order valence-corrected chi connectivity index (χ1v) is 10.2. The van der Waals surface area contributed by atoms with E-state index < -0.39 is 0 Å². The van der Waals surface area contributed by atoms with Crippen molar-refractivity contribution in [3.63, 3.8) is 0 Å². The van der Waals surface area contributed by atoms with Gasteiger partial charge in [-0.25, -0.2) is 0 Å². The van der Waals surface area contributed by atoms with E-state index in [1.807, 2.05) is 30.4 Å².